The van der Waals surface area contributed by atoms with E-state index in [2.05, 4.69) is 5.32 Å². The third kappa shape index (κ3) is 3.68. The molecular weight excluding hydrogens is 284 g/mol. The van der Waals surface area contributed by atoms with Gasteiger partial charge in [0.05, 0.1) is 0 Å². The Kier molecular flexibility index (Phi) is 4.93. The molecule has 0 saturated carbocycles. The highest BCUT2D eigenvalue weighted by atomic mass is 35.5. The second kappa shape index (κ2) is 6.68. The van der Waals surface area contributed by atoms with Gasteiger partial charge in [-0.05, 0) is 30.8 Å². The minimum atomic E-state index is -0.624. The Bertz CT molecular complexity index is 604. The van der Waals surface area contributed by atoms with Gasteiger partial charge in [0.15, 0.2) is 11.6 Å². The maximum atomic E-state index is 13.6. The predicted octanol–water partition coefficient (Wildman–Crippen LogP) is 4.52. The Balaban J connectivity index is 2.31. The number of halogens is 3. The largest absolute Gasteiger partial charge is 0.454 e. The summed E-state index contributed by atoms with van der Waals surface area (Å²) in [5.41, 5.74) is 0.819. The van der Waals surface area contributed by atoms with E-state index in [0.29, 0.717) is 17.3 Å². The number of rotatable bonds is 5. The van der Waals surface area contributed by atoms with Crippen LogP contribution in [0, 0.1) is 11.6 Å². The Morgan fingerprint density at radius 3 is 2.65 bits per heavy atom. The van der Waals surface area contributed by atoms with E-state index in [4.69, 9.17) is 16.3 Å². The molecule has 0 atom stereocenters. The van der Waals surface area contributed by atoms with Crippen LogP contribution < -0.4 is 10.1 Å². The van der Waals surface area contributed by atoms with Crippen LogP contribution in [-0.2, 0) is 6.54 Å². The Morgan fingerprint density at radius 2 is 1.90 bits per heavy atom. The van der Waals surface area contributed by atoms with Crippen molar-refractivity contribution in [1.82, 2.24) is 5.32 Å². The van der Waals surface area contributed by atoms with Crippen molar-refractivity contribution in [3.63, 3.8) is 0 Å². The minimum Gasteiger partial charge on any atom is -0.454 e. The SMILES string of the molecule is CCNCc1ccc(Cl)cc1Oc1cc(F)ccc1F. The van der Waals surface area contributed by atoms with Gasteiger partial charge in [0.25, 0.3) is 0 Å². The Hall–Kier alpha value is -1.65. The average Bonchev–Trinajstić information content (AvgIpc) is 2.42. The van der Waals surface area contributed by atoms with Gasteiger partial charge < -0.3 is 10.1 Å². The lowest BCUT2D eigenvalue weighted by molar-refractivity contribution is 0.430. The van der Waals surface area contributed by atoms with Crippen molar-refractivity contribution in [3.8, 4) is 11.5 Å². The summed E-state index contributed by atoms with van der Waals surface area (Å²) >= 11 is 5.92. The van der Waals surface area contributed by atoms with Crippen molar-refractivity contribution in [2.45, 2.75) is 13.5 Å². The Labute approximate surface area is 121 Å². The number of benzene rings is 2. The smallest absolute Gasteiger partial charge is 0.165 e. The average molecular weight is 298 g/mol. The molecule has 0 unspecified atom stereocenters. The van der Waals surface area contributed by atoms with Crippen LogP contribution in [0.5, 0.6) is 11.5 Å². The van der Waals surface area contributed by atoms with E-state index in [-0.39, 0.29) is 5.75 Å². The summed E-state index contributed by atoms with van der Waals surface area (Å²) in [5, 5.41) is 3.61. The van der Waals surface area contributed by atoms with E-state index in [1.54, 1.807) is 18.2 Å². The summed E-state index contributed by atoms with van der Waals surface area (Å²) in [7, 11) is 0. The molecule has 5 heteroatoms. The highest BCUT2D eigenvalue weighted by molar-refractivity contribution is 6.30. The molecule has 20 heavy (non-hydrogen) atoms. The van der Waals surface area contributed by atoms with Crippen LogP contribution in [-0.4, -0.2) is 6.54 Å². The fourth-order valence-corrected chi connectivity index (χ4v) is 1.87. The molecular formula is C15H14ClF2NO. The van der Waals surface area contributed by atoms with Gasteiger partial charge in [-0.2, -0.15) is 0 Å². The maximum absolute atomic E-state index is 13.6. The molecule has 0 heterocycles. The predicted molar refractivity (Wildman–Crippen MR) is 75.3 cm³/mol. The van der Waals surface area contributed by atoms with Gasteiger partial charge in [-0.3, -0.25) is 0 Å². The van der Waals surface area contributed by atoms with E-state index < -0.39 is 11.6 Å². The van der Waals surface area contributed by atoms with Gasteiger partial charge in [0.2, 0.25) is 0 Å². The van der Waals surface area contributed by atoms with Crippen molar-refractivity contribution in [2.75, 3.05) is 6.54 Å². The molecule has 0 amide bonds. The van der Waals surface area contributed by atoms with Gasteiger partial charge in [-0.15, -0.1) is 0 Å². The Morgan fingerprint density at radius 1 is 1.10 bits per heavy atom. The number of hydrogen-bond acceptors (Lipinski definition) is 2. The molecule has 0 aromatic heterocycles. The molecule has 1 N–H and O–H groups in total. The molecule has 106 valence electrons. The van der Waals surface area contributed by atoms with Gasteiger partial charge in [-0.1, -0.05) is 24.6 Å². The van der Waals surface area contributed by atoms with Crippen LogP contribution in [0.15, 0.2) is 36.4 Å². The summed E-state index contributed by atoms with van der Waals surface area (Å²) < 4.78 is 32.2. The monoisotopic (exact) mass is 297 g/mol. The topological polar surface area (TPSA) is 21.3 Å². The highest BCUT2D eigenvalue weighted by Crippen LogP contribution is 2.30. The fraction of sp³-hybridized carbons (Fsp3) is 0.200. The fourth-order valence-electron chi connectivity index (χ4n) is 1.70. The van der Waals surface area contributed by atoms with Gasteiger partial charge >= 0.3 is 0 Å². The zero-order valence-electron chi connectivity index (χ0n) is 10.9. The summed E-state index contributed by atoms with van der Waals surface area (Å²) in [4.78, 5) is 0. The van der Waals surface area contributed by atoms with Crippen LogP contribution in [0.3, 0.4) is 0 Å². The third-order valence-electron chi connectivity index (χ3n) is 2.71. The minimum absolute atomic E-state index is 0.162. The van der Waals surface area contributed by atoms with E-state index in [1.165, 1.54) is 0 Å². The van der Waals surface area contributed by atoms with Crippen LogP contribution in [0.25, 0.3) is 0 Å². The first kappa shape index (κ1) is 14.8. The number of nitrogens with one attached hydrogen (secondary N) is 1. The zero-order chi connectivity index (χ0) is 14.5. The van der Waals surface area contributed by atoms with Gasteiger partial charge in [0.1, 0.15) is 11.6 Å². The first-order valence-electron chi connectivity index (χ1n) is 6.22. The number of hydrogen-bond donors (Lipinski definition) is 1. The molecule has 2 aromatic carbocycles. The van der Waals surface area contributed by atoms with Crippen LogP contribution in [0.4, 0.5) is 8.78 Å². The summed E-state index contributed by atoms with van der Waals surface area (Å²) in [5.74, 6) is -0.939. The van der Waals surface area contributed by atoms with E-state index >= 15 is 0 Å². The zero-order valence-corrected chi connectivity index (χ0v) is 11.7. The van der Waals surface area contributed by atoms with Gasteiger partial charge in [0, 0.05) is 23.2 Å². The van der Waals surface area contributed by atoms with E-state index in [0.717, 1.165) is 30.3 Å². The van der Waals surface area contributed by atoms with Crippen molar-refractivity contribution >= 4 is 11.6 Å². The lowest BCUT2D eigenvalue weighted by Gasteiger charge is -2.12. The van der Waals surface area contributed by atoms with E-state index in [9.17, 15) is 8.78 Å². The van der Waals surface area contributed by atoms with Crippen molar-refractivity contribution in [3.05, 3.63) is 58.6 Å². The molecule has 0 aliphatic carbocycles. The first-order valence-corrected chi connectivity index (χ1v) is 6.60. The maximum Gasteiger partial charge on any atom is 0.165 e. The van der Waals surface area contributed by atoms with Crippen LogP contribution >= 0.6 is 11.6 Å². The summed E-state index contributed by atoms with van der Waals surface area (Å²) in [6, 6.07) is 8.17. The summed E-state index contributed by atoms with van der Waals surface area (Å²) in [6.07, 6.45) is 0. The lowest BCUT2D eigenvalue weighted by atomic mass is 10.2. The first-order chi connectivity index (χ1) is 9.60. The molecule has 2 rings (SSSR count). The molecule has 0 radical (unpaired) electrons. The molecule has 0 saturated heterocycles. The van der Waals surface area contributed by atoms with Crippen LogP contribution in [0.1, 0.15) is 12.5 Å². The molecule has 0 bridgehead atoms. The van der Waals surface area contributed by atoms with Crippen molar-refractivity contribution < 1.29 is 13.5 Å². The van der Waals surface area contributed by atoms with E-state index in [1.807, 2.05) is 6.92 Å². The second-order valence-electron chi connectivity index (χ2n) is 4.21. The van der Waals surface area contributed by atoms with Crippen LogP contribution in [0.2, 0.25) is 5.02 Å². The molecule has 0 spiro atoms. The van der Waals surface area contributed by atoms with Gasteiger partial charge in [-0.25, -0.2) is 8.78 Å². The quantitative estimate of drug-likeness (QED) is 0.876. The summed E-state index contributed by atoms with van der Waals surface area (Å²) in [6.45, 7) is 3.32. The molecule has 0 aliphatic heterocycles. The normalized spacial score (nSPS) is 10.6. The van der Waals surface area contributed by atoms with Crippen molar-refractivity contribution in [1.29, 1.82) is 0 Å². The second-order valence-corrected chi connectivity index (χ2v) is 4.65. The van der Waals surface area contributed by atoms with Crippen molar-refractivity contribution in [2.24, 2.45) is 0 Å². The third-order valence-corrected chi connectivity index (χ3v) is 2.94. The molecule has 0 fully saturated rings. The highest BCUT2D eigenvalue weighted by Gasteiger charge is 2.10. The lowest BCUT2D eigenvalue weighted by Crippen LogP contribution is -2.12. The number of ether oxygens (including phenoxy) is 1. The molecule has 0 aliphatic rings. The standard InChI is InChI=1S/C15H14ClF2NO/c1-2-19-9-10-3-4-11(16)7-14(10)20-15-8-12(17)5-6-13(15)18/h3-8,19H,2,9H2,1H3. The molecule has 2 aromatic rings. The molecule has 2 nitrogen and oxygen atoms in total.